The van der Waals surface area contributed by atoms with Gasteiger partial charge in [0.05, 0.1) is 29.9 Å². The van der Waals surface area contributed by atoms with Gasteiger partial charge in [-0.3, -0.25) is 4.79 Å². The van der Waals surface area contributed by atoms with Crippen LogP contribution < -0.4 is 0 Å². The van der Waals surface area contributed by atoms with E-state index >= 15 is 0 Å². The minimum absolute atomic E-state index is 0.0871. The molecule has 1 aliphatic heterocycles. The second-order valence-corrected chi connectivity index (χ2v) is 7.99. The first-order chi connectivity index (χ1) is 14.3. The van der Waals surface area contributed by atoms with Gasteiger partial charge < -0.3 is 9.64 Å². The van der Waals surface area contributed by atoms with Gasteiger partial charge in [-0.2, -0.15) is 5.26 Å². The second kappa shape index (κ2) is 9.15. The second-order valence-electron chi connectivity index (χ2n) is 7.55. The van der Waals surface area contributed by atoms with Gasteiger partial charge in [-0.05, 0) is 56.2 Å². The smallest absolute Gasteiger partial charge is 0.336 e. The molecule has 0 saturated heterocycles. The van der Waals surface area contributed by atoms with E-state index in [0.29, 0.717) is 21.9 Å². The molecule has 0 bridgehead atoms. The first-order valence-electron chi connectivity index (χ1n) is 9.76. The molecule has 154 valence electrons. The molecule has 0 fully saturated rings. The summed E-state index contributed by atoms with van der Waals surface area (Å²) in [4.78, 5) is 27.6. The van der Waals surface area contributed by atoms with Gasteiger partial charge in [0, 0.05) is 23.1 Å². The molecule has 0 N–H and O–H groups in total. The Kier molecular flexibility index (Phi) is 6.59. The number of hydrogen-bond donors (Lipinski definition) is 0. The third kappa shape index (κ3) is 4.72. The van der Waals surface area contributed by atoms with Crippen molar-refractivity contribution in [1.82, 2.24) is 4.90 Å². The van der Waals surface area contributed by atoms with Gasteiger partial charge in [-0.1, -0.05) is 35.9 Å². The monoisotopic (exact) mass is 422 g/mol. The number of rotatable bonds is 5. The number of nitrogens with zero attached hydrogens (tertiary/aromatic N) is 2. The fourth-order valence-corrected chi connectivity index (χ4v) is 3.77. The number of benzene rings is 2. The number of carbonyl (C=O) groups is 2. The lowest BCUT2D eigenvalue weighted by molar-refractivity contribution is -0.143. The maximum Gasteiger partial charge on any atom is 0.336 e. The fraction of sp³-hybridized carbons (Fsp3) is 0.292. The van der Waals surface area contributed by atoms with Crippen molar-refractivity contribution in [3.05, 3.63) is 81.5 Å². The van der Waals surface area contributed by atoms with Crippen LogP contribution in [0.1, 0.15) is 49.8 Å². The third-order valence-electron chi connectivity index (χ3n) is 5.05. The lowest BCUT2D eigenvalue weighted by Gasteiger charge is -2.35. The average molecular weight is 423 g/mol. The van der Waals surface area contributed by atoms with Crippen LogP contribution in [0.4, 0.5) is 0 Å². The SMILES string of the molecule is CC1=C(C(=O)OC(C)C)[C@H](c2ccc(Cl)cc2)CC(=O)N1Cc1cccc(C#N)c1. The van der Waals surface area contributed by atoms with Crippen molar-refractivity contribution >= 4 is 23.5 Å². The maximum atomic E-state index is 13.1. The minimum Gasteiger partial charge on any atom is -0.460 e. The Labute approximate surface area is 181 Å². The molecular formula is C24H23ClN2O3. The number of nitriles is 1. The van der Waals surface area contributed by atoms with Crippen LogP contribution in [0.15, 0.2) is 59.8 Å². The number of carbonyl (C=O) groups excluding carboxylic acids is 2. The van der Waals surface area contributed by atoms with Crippen LogP contribution >= 0.6 is 11.6 Å². The van der Waals surface area contributed by atoms with E-state index in [-0.39, 0.29) is 25.0 Å². The molecule has 5 nitrogen and oxygen atoms in total. The predicted octanol–water partition coefficient (Wildman–Crippen LogP) is 4.95. The molecule has 0 unspecified atom stereocenters. The van der Waals surface area contributed by atoms with Gasteiger partial charge in [0.15, 0.2) is 0 Å². The van der Waals surface area contributed by atoms with E-state index in [1.165, 1.54) is 0 Å². The minimum atomic E-state index is -0.425. The molecule has 0 spiro atoms. The van der Waals surface area contributed by atoms with E-state index in [2.05, 4.69) is 6.07 Å². The van der Waals surface area contributed by atoms with Crippen molar-refractivity contribution in [1.29, 1.82) is 5.26 Å². The van der Waals surface area contributed by atoms with Crippen LogP contribution in [0.5, 0.6) is 0 Å². The highest BCUT2D eigenvalue weighted by Crippen LogP contribution is 2.38. The van der Waals surface area contributed by atoms with Crippen LogP contribution in [-0.4, -0.2) is 22.9 Å². The molecule has 2 aromatic carbocycles. The Morgan fingerprint density at radius 1 is 1.27 bits per heavy atom. The highest BCUT2D eigenvalue weighted by Gasteiger charge is 2.37. The summed E-state index contributed by atoms with van der Waals surface area (Å²) in [5.74, 6) is -0.913. The summed E-state index contributed by atoms with van der Waals surface area (Å²) in [6, 6.07) is 16.4. The van der Waals surface area contributed by atoms with Crippen molar-refractivity contribution < 1.29 is 14.3 Å². The number of ether oxygens (including phenoxy) is 1. The van der Waals surface area contributed by atoms with Gasteiger partial charge in [-0.25, -0.2) is 4.79 Å². The van der Waals surface area contributed by atoms with Crippen molar-refractivity contribution in [2.24, 2.45) is 0 Å². The largest absolute Gasteiger partial charge is 0.460 e. The van der Waals surface area contributed by atoms with Crippen LogP contribution in [0.2, 0.25) is 5.02 Å². The van der Waals surface area contributed by atoms with Gasteiger partial charge in [0.2, 0.25) is 5.91 Å². The number of halogens is 1. The summed E-state index contributed by atoms with van der Waals surface area (Å²) in [6.07, 6.45) is -0.124. The van der Waals surface area contributed by atoms with Gasteiger partial charge >= 0.3 is 5.97 Å². The van der Waals surface area contributed by atoms with Crippen LogP contribution in [-0.2, 0) is 20.9 Å². The molecule has 0 aromatic heterocycles. The third-order valence-corrected chi connectivity index (χ3v) is 5.31. The van der Waals surface area contributed by atoms with Crippen LogP contribution in [0, 0.1) is 11.3 Å². The quantitative estimate of drug-likeness (QED) is 0.639. The zero-order chi connectivity index (χ0) is 21.8. The van der Waals surface area contributed by atoms with Crippen molar-refractivity contribution in [3.63, 3.8) is 0 Å². The number of hydrogen-bond acceptors (Lipinski definition) is 4. The lowest BCUT2D eigenvalue weighted by atomic mass is 9.83. The molecule has 6 heteroatoms. The number of esters is 1. The number of amides is 1. The first-order valence-corrected chi connectivity index (χ1v) is 10.1. The van der Waals surface area contributed by atoms with E-state index in [0.717, 1.165) is 11.1 Å². The summed E-state index contributed by atoms with van der Waals surface area (Å²) >= 11 is 6.01. The maximum absolute atomic E-state index is 13.1. The lowest BCUT2D eigenvalue weighted by Crippen LogP contribution is -2.38. The van der Waals surface area contributed by atoms with Crippen molar-refractivity contribution in [2.45, 2.75) is 45.8 Å². The standard InChI is InChI=1S/C24H23ClN2O3/c1-15(2)30-24(29)23-16(3)27(14-18-6-4-5-17(11-18)13-26)22(28)12-21(23)19-7-9-20(25)10-8-19/h4-11,15,21H,12,14H2,1-3H3/t21-/m0/s1. The van der Waals surface area contributed by atoms with E-state index in [9.17, 15) is 9.59 Å². The van der Waals surface area contributed by atoms with Gasteiger partial charge in [-0.15, -0.1) is 0 Å². The Balaban J connectivity index is 2.03. The average Bonchev–Trinajstić information content (AvgIpc) is 2.70. The van der Waals surface area contributed by atoms with Crippen LogP contribution in [0.25, 0.3) is 0 Å². The van der Waals surface area contributed by atoms with Crippen LogP contribution in [0.3, 0.4) is 0 Å². The zero-order valence-electron chi connectivity index (χ0n) is 17.2. The summed E-state index contributed by atoms with van der Waals surface area (Å²) in [7, 11) is 0. The molecule has 0 aliphatic carbocycles. The van der Waals surface area contributed by atoms with E-state index < -0.39 is 11.9 Å². The molecular weight excluding hydrogens is 400 g/mol. The zero-order valence-corrected chi connectivity index (χ0v) is 17.9. The molecule has 0 radical (unpaired) electrons. The van der Waals surface area contributed by atoms with E-state index in [4.69, 9.17) is 21.6 Å². The Morgan fingerprint density at radius 2 is 1.97 bits per heavy atom. The predicted molar refractivity (Wildman–Crippen MR) is 114 cm³/mol. The Hall–Kier alpha value is -3.10. The summed E-state index contributed by atoms with van der Waals surface area (Å²) in [5.41, 5.74) is 3.23. The van der Waals surface area contributed by atoms with Crippen molar-refractivity contribution in [3.8, 4) is 6.07 Å². The van der Waals surface area contributed by atoms with Gasteiger partial charge in [0.25, 0.3) is 0 Å². The summed E-state index contributed by atoms with van der Waals surface area (Å²) in [6.45, 7) is 5.64. The molecule has 2 aromatic rings. The first kappa shape index (κ1) is 21.6. The molecule has 1 aliphatic rings. The Morgan fingerprint density at radius 3 is 2.60 bits per heavy atom. The molecule has 1 amide bonds. The van der Waals surface area contributed by atoms with E-state index in [1.54, 1.807) is 56.0 Å². The highest BCUT2D eigenvalue weighted by atomic mass is 35.5. The normalized spacial score (nSPS) is 16.6. The van der Waals surface area contributed by atoms with Gasteiger partial charge in [0.1, 0.15) is 0 Å². The highest BCUT2D eigenvalue weighted by molar-refractivity contribution is 6.30. The molecule has 1 heterocycles. The Bertz CT molecular complexity index is 1040. The molecule has 0 saturated carbocycles. The summed E-state index contributed by atoms with van der Waals surface area (Å²) < 4.78 is 5.50. The van der Waals surface area contributed by atoms with E-state index in [1.807, 2.05) is 18.2 Å². The van der Waals surface area contributed by atoms with Crippen molar-refractivity contribution in [2.75, 3.05) is 0 Å². The topological polar surface area (TPSA) is 70.4 Å². The summed E-state index contributed by atoms with van der Waals surface area (Å²) in [5, 5.41) is 9.73. The molecule has 1 atom stereocenters. The molecule has 3 rings (SSSR count). The number of allylic oxidation sites excluding steroid dienone is 1. The molecule has 30 heavy (non-hydrogen) atoms. The fourth-order valence-electron chi connectivity index (χ4n) is 3.65.